The highest BCUT2D eigenvalue weighted by Crippen LogP contribution is 2.46. The van der Waals surface area contributed by atoms with Crippen LogP contribution in [0.25, 0.3) is 5.57 Å². The lowest BCUT2D eigenvalue weighted by molar-refractivity contribution is -0.118. The molecule has 0 radical (unpaired) electrons. The van der Waals surface area contributed by atoms with Gasteiger partial charge >= 0.3 is 0 Å². The number of rotatable bonds is 2. The van der Waals surface area contributed by atoms with Gasteiger partial charge in [0.1, 0.15) is 5.75 Å². The molecule has 4 nitrogen and oxygen atoms in total. The molecule has 0 unspecified atom stereocenters. The third kappa shape index (κ3) is 2.49. The number of hydrogen-bond donors (Lipinski definition) is 3. The van der Waals surface area contributed by atoms with Crippen molar-refractivity contribution in [2.24, 2.45) is 5.92 Å². The van der Waals surface area contributed by atoms with Crippen LogP contribution >= 0.6 is 0 Å². The molecular weight excluding hydrogens is 316 g/mol. The van der Waals surface area contributed by atoms with Crippen molar-refractivity contribution in [3.05, 3.63) is 58.7 Å². The maximum Gasteiger partial charge on any atom is 0.170 e. The van der Waals surface area contributed by atoms with Crippen LogP contribution in [0.2, 0.25) is 0 Å². The van der Waals surface area contributed by atoms with E-state index in [1.165, 1.54) is 12.1 Å². The minimum atomic E-state index is -1.05. The number of aryl methyl sites for hydroxylation is 1. The summed E-state index contributed by atoms with van der Waals surface area (Å²) in [6.45, 7) is 7.66. The van der Waals surface area contributed by atoms with Crippen molar-refractivity contribution in [3.8, 4) is 17.2 Å². The Bertz CT molecular complexity index is 908. The largest absolute Gasteiger partial charge is 0.508 e. The topological polar surface area (TPSA) is 77.8 Å². The lowest BCUT2D eigenvalue weighted by Gasteiger charge is -2.36. The summed E-state index contributed by atoms with van der Waals surface area (Å²) in [4.78, 5) is 13.1. The Hall–Kier alpha value is -2.75. The zero-order valence-corrected chi connectivity index (χ0v) is 14.8. The molecule has 0 aliphatic heterocycles. The average Bonchev–Trinajstić information content (AvgIpc) is 2.55. The van der Waals surface area contributed by atoms with E-state index in [9.17, 15) is 20.1 Å². The molecule has 0 saturated heterocycles. The first-order valence-electron chi connectivity index (χ1n) is 8.29. The fourth-order valence-corrected chi connectivity index (χ4v) is 3.45. The van der Waals surface area contributed by atoms with Gasteiger partial charge in [-0.25, -0.2) is 0 Å². The molecule has 3 rings (SSSR count). The van der Waals surface area contributed by atoms with Gasteiger partial charge in [0.2, 0.25) is 0 Å². The fourth-order valence-electron chi connectivity index (χ4n) is 3.45. The van der Waals surface area contributed by atoms with E-state index in [1.807, 2.05) is 26.8 Å². The molecule has 0 saturated carbocycles. The van der Waals surface area contributed by atoms with Crippen LogP contribution in [-0.2, 0) is 10.2 Å². The second kappa shape index (κ2) is 5.66. The van der Waals surface area contributed by atoms with Gasteiger partial charge in [-0.1, -0.05) is 19.9 Å². The van der Waals surface area contributed by atoms with E-state index in [1.54, 1.807) is 25.1 Å². The average molecular weight is 338 g/mol. The first-order valence-corrected chi connectivity index (χ1v) is 8.29. The number of aromatic hydroxyl groups is 3. The molecule has 0 fully saturated rings. The number of ketones is 1. The summed E-state index contributed by atoms with van der Waals surface area (Å²) in [5, 5.41) is 29.7. The van der Waals surface area contributed by atoms with Crippen molar-refractivity contribution < 1.29 is 20.1 Å². The molecule has 1 aliphatic carbocycles. The van der Waals surface area contributed by atoms with Crippen LogP contribution in [0.3, 0.4) is 0 Å². The Morgan fingerprint density at radius 1 is 0.960 bits per heavy atom. The van der Waals surface area contributed by atoms with Crippen molar-refractivity contribution in [3.63, 3.8) is 0 Å². The highest BCUT2D eigenvalue weighted by Gasteiger charge is 2.42. The first kappa shape index (κ1) is 17.1. The lowest BCUT2D eigenvalue weighted by atomic mass is 9.65. The van der Waals surface area contributed by atoms with Crippen molar-refractivity contribution in [2.75, 3.05) is 0 Å². The van der Waals surface area contributed by atoms with Gasteiger partial charge in [-0.2, -0.15) is 0 Å². The molecule has 130 valence electrons. The molecule has 1 aliphatic rings. The maximum atomic E-state index is 13.1. The molecule has 3 N–H and O–H groups in total. The molecule has 0 heterocycles. The second-order valence-corrected chi connectivity index (χ2v) is 7.13. The highest BCUT2D eigenvalue weighted by atomic mass is 16.3. The Labute approximate surface area is 147 Å². The minimum Gasteiger partial charge on any atom is -0.508 e. The molecule has 0 amide bonds. The first-order chi connectivity index (χ1) is 11.7. The molecule has 4 heteroatoms. The third-order valence-electron chi connectivity index (χ3n) is 5.14. The molecule has 0 bridgehead atoms. The number of phenols is 3. The molecule has 2 aromatic rings. The van der Waals surface area contributed by atoms with E-state index in [0.29, 0.717) is 11.1 Å². The van der Waals surface area contributed by atoms with Crippen molar-refractivity contribution in [1.82, 2.24) is 0 Å². The van der Waals surface area contributed by atoms with Crippen molar-refractivity contribution >= 4 is 11.4 Å². The monoisotopic (exact) mass is 338 g/mol. The van der Waals surface area contributed by atoms with Gasteiger partial charge in [0.15, 0.2) is 17.3 Å². The van der Waals surface area contributed by atoms with Gasteiger partial charge in [-0.05, 0) is 77.9 Å². The number of allylic oxidation sites excluding steroid dienone is 2. The standard InChI is InChI=1S/C21H22O4/c1-11(2)14-9-20(25)21(4,13-5-6-17(22)19(24)8-13)16-10-18(23)12(3)7-15(14)16/h5-11,22-24H,1-4H3/t21-/m1/s1. The van der Waals surface area contributed by atoms with Crippen LogP contribution in [0.1, 0.15) is 43.0 Å². The van der Waals surface area contributed by atoms with Crippen molar-refractivity contribution in [2.45, 2.75) is 33.1 Å². The van der Waals surface area contributed by atoms with Crippen LogP contribution in [0.15, 0.2) is 36.4 Å². The number of hydrogen-bond acceptors (Lipinski definition) is 4. The van der Waals surface area contributed by atoms with Crippen LogP contribution in [0.4, 0.5) is 0 Å². The van der Waals surface area contributed by atoms with E-state index in [2.05, 4.69) is 0 Å². The van der Waals surface area contributed by atoms with E-state index in [0.717, 1.165) is 16.7 Å². The van der Waals surface area contributed by atoms with Gasteiger partial charge in [-0.3, -0.25) is 4.79 Å². The van der Waals surface area contributed by atoms with E-state index in [4.69, 9.17) is 0 Å². The summed E-state index contributed by atoms with van der Waals surface area (Å²) in [7, 11) is 0. The normalized spacial score (nSPS) is 19.7. The van der Waals surface area contributed by atoms with Crippen LogP contribution in [0, 0.1) is 12.8 Å². The Balaban J connectivity index is 2.34. The van der Waals surface area contributed by atoms with Gasteiger partial charge < -0.3 is 15.3 Å². The van der Waals surface area contributed by atoms with Gasteiger partial charge in [0.05, 0.1) is 5.41 Å². The quantitative estimate of drug-likeness (QED) is 0.722. The molecule has 0 aromatic heterocycles. The predicted octanol–water partition coefficient (Wildman–Crippen LogP) is 4.04. The summed E-state index contributed by atoms with van der Waals surface area (Å²) >= 11 is 0. The van der Waals surface area contributed by atoms with Gasteiger partial charge in [0.25, 0.3) is 0 Å². The summed E-state index contributed by atoms with van der Waals surface area (Å²) < 4.78 is 0. The number of carbonyl (C=O) groups excluding carboxylic acids is 1. The predicted molar refractivity (Wildman–Crippen MR) is 96.9 cm³/mol. The molecule has 0 spiro atoms. The lowest BCUT2D eigenvalue weighted by Crippen LogP contribution is -2.36. The summed E-state index contributed by atoms with van der Waals surface area (Å²) in [5.74, 6) is -0.337. The maximum absolute atomic E-state index is 13.1. The van der Waals surface area contributed by atoms with E-state index < -0.39 is 5.41 Å². The number of benzene rings is 2. The second-order valence-electron chi connectivity index (χ2n) is 7.13. The highest BCUT2D eigenvalue weighted by molar-refractivity contribution is 6.10. The Morgan fingerprint density at radius 3 is 2.24 bits per heavy atom. The Kier molecular flexibility index (Phi) is 3.87. The summed E-state index contributed by atoms with van der Waals surface area (Å²) in [6, 6.07) is 7.95. The van der Waals surface area contributed by atoms with Gasteiger partial charge in [0, 0.05) is 0 Å². The summed E-state index contributed by atoms with van der Waals surface area (Å²) in [6.07, 6.45) is 1.66. The minimum absolute atomic E-state index is 0.114. The fraction of sp³-hybridized carbons (Fsp3) is 0.286. The van der Waals surface area contributed by atoms with Crippen molar-refractivity contribution in [1.29, 1.82) is 0 Å². The third-order valence-corrected chi connectivity index (χ3v) is 5.14. The summed E-state index contributed by atoms with van der Waals surface area (Å²) in [5.41, 5.74) is 2.83. The molecular formula is C21H22O4. The number of carbonyl (C=O) groups is 1. The van der Waals surface area contributed by atoms with Crippen LogP contribution in [-0.4, -0.2) is 21.1 Å². The van der Waals surface area contributed by atoms with E-state index >= 15 is 0 Å². The zero-order chi connectivity index (χ0) is 18.5. The number of phenolic OH excluding ortho intramolecular Hbond substituents is 3. The van der Waals surface area contributed by atoms with E-state index in [-0.39, 0.29) is 28.9 Å². The molecule has 25 heavy (non-hydrogen) atoms. The Morgan fingerprint density at radius 2 is 1.64 bits per heavy atom. The molecule has 1 atom stereocenters. The van der Waals surface area contributed by atoms with Crippen LogP contribution in [0.5, 0.6) is 17.2 Å². The zero-order valence-electron chi connectivity index (χ0n) is 14.8. The SMILES string of the molecule is Cc1cc2c(cc1O)[C@@](C)(c1ccc(O)c(O)c1)C(=O)C=C2C(C)C. The van der Waals surface area contributed by atoms with Crippen LogP contribution < -0.4 is 0 Å². The number of fused-ring (bicyclic) bond motifs is 1. The molecule has 2 aromatic carbocycles. The van der Waals surface area contributed by atoms with Gasteiger partial charge in [-0.15, -0.1) is 0 Å². The smallest absolute Gasteiger partial charge is 0.170 e.